The lowest BCUT2D eigenvalue weighted by molar-refractivity contribution is -0.137. The van der Waals surface area contributed by atoms with Crippen molar-refractivity contribution in [3.8, 4) is 0 Å². The lowest BCUT2D eigenvalue weighted by atomic mass is 9.84. The Morgan fingerprint density at radius 1 is 1.17 bits per heavy atom. The van der Waals surface area contributed by atoms with Gasteiger partial charge in [-0.15, -0.1) is 0 Å². The molecule has 2 saturated heterocycles. The van der Waals surface area contributed by atoms with E-state index in [4.69, 9.17) is 9.73 Å². The van der Waals surface area contributed by atoms with Crippen LogP contribution in [0.1, 0.15) is 38.3 Å². The average molecular weight is 427 g/mol. The second kappa shape index (κ2) is 9.56. The van der Waals surface area contributed by atoms with Gasteiger partial charge in [0.15, 0.2) is 5.96 Å². The summed E-state index contributed by atoms with van der Waals surface area (Å²) >= 11 is 0. The molecule has 0 spiro atoms. The van der Waals surface area contributed by atoms with Gasteiger partial charge in [0.2, 0.25) is 0 Å². The molecule has 5 nitrogen and oxygen atoms in total. The van der Waals surface area contributed by atoms with Crippen LogP contribution in [-0.4, -0.2) is 74.3 Å². The van der Waals surface area contributed by atoms with Crippen LogP contribution < -0.4 is 5.32 Å². The van der Waals surface area contributed by atoms with Gasteiger partial charge < -0.3 is 15.0 Å². The SMILES string of the molecule is CCNC(=NCC(C)(C)c1cccc(C(F)(F)F)c1)N1CCC(N2CCOCC2)C1. The Hall–Kier alpha value is -1.80. The molecular formula is C22H33F3N4O. The lowest BCUT2D eigenvalue weighted by Crippen LogP contribution is -2.47. The third-order valence-corrected chi connectivity index (χ3v) is 5.96. The number of halogens is 3. The molecule has 2 heterocycles. The van der Waals surface area contributed by atoms with Crippen LogP contribution in [0.5, 0.6) is 0 Å². The maximum Gasteiger partial charge on any atom is 0.416 e. The zero-order valence-corrected chi connectivity index (χ0v) is 18.1. The molecule has 0 amide bonds. The van der Waals surface area contributed by atoms with E-state index in [9.17, 15) is 13.2 Å². The van der Waals surface area contributed by atoms with Crippen LogP contribution in [-0.2, 0) is 16.3 Å². The number of benzene rings is 1. The predicted molar refractivity (Wildman–Crippen MR) is 113 cm³/mol. The number of likely N-dealkylation sites (tertiary alicyclic amines) is 1. The quantitative estimate of drug-likeness (QED) is 0.579. The number of hydrogen-bond donors (Lipinski definition) is 1. The van der Waals surface area contributed by atoms with E-state index in [1.54, 1.807) is 6.07 Å². The number of alkyl halides is 3. The second-order valence-electron chi connectivity index (χ2n) is 8.67. The van der Waals surface area contributed by atoms with E-state index in [0.29, 0.717) is 18.2 Å². The number of aliphatic imine (C=N–C) groups is 1. The number of hydrogen-bond acceptors (Lipinski definition) is 3. The maximum absolute atomic E-state index is 13.1. The molecule has 30 heavy (non-hydrogen) atoms. The van der Waals surface area contributed by atoms with Crippen molar-refractivity contribution in [3.63, 3.8) is 0 Å². The fraction of sp³-hybridized carbons (Fsp3) is 0.682. The molecule has 1 N–H and O–H groups in total. The van der Waals surface area contributed by atoms with Crippen molar-refractivity contribution in [2.75, 3.05) is 52.5 Å². The molecule has 0 saturated carbocycles. The van der Waals surface area contributed by atoms with Crippen LogP contribution in [0.15, 0.2) is 29.3 Å². The first-order valence-corrected chi connectivity index (χ1v) is 10.7. The summed E-state index contributed by atoms with van der Waals surface area (Å²) in [7, 11) is 0. The number of guanidine groups is 1. The van der Waals surface area contributed by atoms with E-state index in [1.165, 1.54) is 12.1 Å². The van der Waals surface area contributed by atoms with Crippen LogP contribution in [0.25, 0.3) is 0 Å². The number of nitrogens with zero attached hydrogens (tertiary/aromatic N) is 3. The topological polar surface area (TPSA) is 40.1 Å². The Morgan fingerprint density at radius 3 is 2.53 bits per heavy atom. The average Bonchev–Trinajstić information content (AvgIpc) is 3.21. The van der Waals surface area contributed by atoms with E-state index < -0.39 is 17.2 Å². The number of morpholine rings is 1. The van der Waals surface area contributed by atoms with Crippen molar-refractivity contribution in [2.45, 2.75) is 44.8 Å². The molecule has 1 atom stereocenters. The summed E-state index contributed by atoms with van der Waals surface area (Å²) in [5.41, 5.74) is -0.480. The standard InChI is InChI=1S/C22H33F3N4O/c1-4-26-20(29-9-8-19(15-29)28-10-12-30-13-11-28)27-16-21(2,3)17-6-5-7-18(14-17)22(23,24)25/h5-7,14,19H,4,8-13,15-16H2,1-3H3,(H,26,27). The lowest BCUT2D eigenvalue weighted by Gasteiger charge is -2.32. The molecule has 0 bridgehead atoms. The Balaban J connectivity index is 1.69. The first-order chi connectivity index (χ1) is 14.2. The van der Waals surface area contributed by atoms with Gasteiger partial charge >= 0.3 is 6.18 Å². The van der Waals surface area contributed by atoms with Gasteiger partial charge in [0.25, 0.3) is 0 Å². The van der Waals surface area contributed by atoms with Gasteiger partial charge in [-0.2, -0.15) is 13.2 Å². The molecule has 0 aliphatic carbocycles. The molecule has 1 aromatic rings. The molecule has 3 rings (SSSR count). The molecule has 1 aromatic carbocycles. The van der Waals surface area contributed by atoms with Crippen LogP contribution in [0.3, 0.4) is 0 Å². The molecule has 2 aliphatic rings. The fourth-order valence-corrected chi connectivity index (χ4v) is 4.08. The minimum absolute atomic E-state index is 0.412. The van der Waals surface area contributed by atoms with E-state index in [2.05, 4.69) is 15.1 Å². The summed E-state index contributed by atoms with van der Waals surface area (Å²) in [6.07, 6.45) is -3.25. The Bertz CT molecular complexity index is 729. The van der Waals surface area contributed by atoms with Crippen molar-refractivity contribution in [1.29, 1.82) is 0 Å². The van der Waals surface area contributed by atoms with Gasteiger partial charge in [-0.3, -0.25) is 9.89 Å². The highest BCUT2D eigenvalue weighted by molar-refractivity contribution is 5.80. The van der Waals surface area contributed by atoms with Gasteiger partial charge in [-0.05, 0) is 25.0 Å². The zero-order valence-electron chi connectivity index (χ0n) is 18.1. The van der Waals surface area contributed by atoms with E-state index >= 15 is 0 Å². The Kier molecular flexibility index (Phi) is 7.29. The van der Waals surface area contributed by atoms with Gasteiger partial charge in [-0.1, -0.05) is 32.0 Å². The molecule has 1 unspecified atom stereocenters. The summed E-state index contributed by atoms with van der Waals surface area (Å²) in [6.45, 7) is 12.4. The highest BCUT2D eigenvalue weighted by atomic mass is 19.4. The number of ether oxygens (including phenoxy) is 1. The van der Waals surface area contributed by atoms with Crippen LogP contribution in [0, 0.1) is 0 Å². The third kappa shape index (κ3) is 5.66. The molecule has 0 aromatic heterocycles. The predicted octanol–water partition coefficient (Wildman–Crippen LogP) is 3.36. The highest BCUT2D eigenvalue weighted by Gasteiger charge is 2.33. The summed E-state index contributed by atoms with van der Waals surface area (Å²) < 4.78 is 44.8. The smallest absolute Gasteiger partial charge is 0.379 e. The molecular weight excluding hydrogens is 393 g/mol. The van der Waals surface area contributed by atoms with E-state index in [1.807, 2.05) is 20.8 Å². The van der Waals surface area contributed by atoms with Crippen molar-refractivity contribution >= 4 is 5.96 Å². The van der Waals surface area contributed by atoms with Gasteiger partial charge in [-0.25, -0.2) is 0 Å². The van der Waals surface area contributed by atoms with E-state index in [0.717, 1.165) is 64.4 Å². The number of nitrogens with one attached hydrogen (secondary N) is 1. The molecule has 0 radical (unpaired) electrons. The normalized spacial score (nSPS) is 21.9. The van der Waals surface area contributed by atoms with Gasteiger partial charge in [0.05, 0.1) is 25.3 Å². The molecule has 2 fully saturated rings. The third-order valence-electron chi connectivity index (χ3n) is 5.96. The van der Waals surface area contributed by atoms with Gasteiger partial charge in [0.1, 0.15) is 0 Å². The summed E-state index contributed by atoms with van der Waals surface area (Å²) in [6, 6.07) is 6.08. The van der Waals surface area contributed by atoms with Crippen molar-refractivity contribution < 1.29 is 17.9 Å². The first-order valence-electron chi connectivity index (χ1n) is 10.7. The van der Waals surface area contributed by atoms with Gasteiger partial charge in [0, 0.05) is 44.2 Å². The van der Waals surface area contributed by atoms with Crippen LogP contribution in [0.4, 0.5) is 13.2 Å². The van der Waals surface area contributed by atoms with Crippen molar-refractivity contribution in [3.05, 3.63) is 35.4 Å². The first kappa shape index (κ1) is 22.9. The van der Waals surface area contributed by atoms with E-state index in [-0.39, 0.29) is 0 Å². The summed E-state index contributed by atoms with van der Waals surface area (Å²) in [5, 5.41) is 3.36. The zero-order chi connectivity index (χ0) is 21.8. The van der Waals surface area contributed by atoms with Crippen LogP contribution >= 0.6 is 0 Å². The number of rotatable bonds is 5. The van der Waals surface area contributed by atoms with Crippen molar-refractivity contribution in [1.82, 2.24) is 15.1 Å². The Morgan fingerprint density at radius 2 is 1.87 bits per heavy atom. The molecule has 8 heteroatoms. The second-order valence-corrected chi connectivity index (χ2v) is 8.67. The summed E-state index contributed by atoms with van der Waals surface area (Å²) in [5.74, 6) is 0.841. The fourth-order valence-electron chi connectivity index (χ4n) is 4.08. The largest absolute Gasteiger partial charge is 0.416 e. The molecule has 2 aliphatic heterocycles. The maximum atomic E-state index is 13.1. The minimum Gasteiger partial charge on any atom is -0.379 e. The Labute approximate surface area is 177 Å². The molecule has 168 valence electrons. The van der Waals surface area contributed by atoms with Crippen molar-refractivity contribution in [2.24, 2.45) is 4.99 Å². The monoisotopic (exact) mass is 426 g/mol. The highest BCUT2D eigenvalue weighted by Crippen LogP contribution is 2.33. The minimum atomic E-state index is -4.34. The summed E-state index contributed by atoms with van der Waals surface area (Å²) in [4.78, 5) is 9.58. The van der Waals surface area contributed by atoms with Crippen LogP contribution in [0.2, 0.25) is 0 Å².